The van der Waals surface area contributed by atoms with E-state index in [1.54, 1.807) is 18.3 Å². The maximum Gasteiger partial charge on any atom is 0.250 e. The predicted octanol–water partition coefficient (Wildman–Crippen LogP) is 1.46. The minimum absolute atomic E-state index is 0.0192. The molecule has 0 spiro atoms. The molecule has 1 aliphatic heterocycles. The van der Waals surface area contributed by atoms with Crippen LogP contribution in [-0.4, -0.2) is 52.5 Å². The van der Waals surface area contributed by atoms with Gasteiger partial charge in [-0.25, -0.2) is 0 Å². The molecule has 1 amide bonds. The summed E-state index contributed by atoms with van der Waals surface area (Å²) in [6.07, 6.45) is 7.68. The first kappa shape index (κ1) is 17.7. The summed E-state index contributed by atoms with van der Waals surface area (Å²) >= 11 is 0. The van der Waals surface area contributed by atoms with Crippen LogP contribution < -0.4 is 5.56 Å². The molecule has 0 bridgehead atoms. The number of rotatable bonds is 4. The first-order valence-corrected chi connectivity index (χ1v) is 9.26. The molecule has 134 valence electrons. The van der Waals surface area contributed by atoms with Gasteiger partial charge in [0.1, 0.15) is 12.6 Å². The average molecular weight is 342 g/mol. The quantitative estimate of drug-likeness (QED) is 0.831. The minimum Gasteiger partial charge on any atom is -0.339 e. The summed E-state index contributed by atoms with van der Waals surface area (Å²) in [6, 6.07) is 7.39. The fourth-order valence-corrected chi connectivity index (χ4v) is 4.02. The molecular formula is C19H26N4O2. The van der Waals surface area contributed by atoms with Crippen molar-refractivity contribution in [3.8, 4) is 6.07 Å². The average Bonchev–Trinajstić information content (AvgIpc) is 2.66. The highest BCUT2D eigenvalue weighted by atomic mass is 16.2. The molecule has 1 saturated carbocycles. The number of piperazine rings is 1. The summed E-state index contributed by atoms with van der Waals surface area (Å²) in [5, 5.41) is 9.62. The van der Waals surface area contributed by atoms with Crippen molar-refractivity contribution in [3.05, 3.63) is 34.7 Å². The first-order chi connectivity index (χ1) is 12.2. The van der Waals surface area contributed by atoms with Crippen LogP contribution in [0.3, 0.4) is 0 Å². The van der Waals surface area contributed by atoms with Gasteiger partial charge in [-0.1, -0.05) is 25.3 Å². The number of pyridine rings is 1. The Balaban J connectivity index is 1.54. The Morgan fingerprint density at radius 2 is 1.88 bits per heavy atom. The second-order valence-electron chi connectivity index (χ2n) is 7.06. The van der Waals surface area contributed by atoms with E-state index < -0.39 is 0 Å². The number of carbonyl (C=O) groups excluding carboxylic acids is 1. The lowest BCUT2D eigenvalue weighted by molar-refractivity contribution is -0.134. The fourth-order valence-electron chi connectivity index (χ4n) is 4.02. The molecule has 0 radical (unpaired) electrons. The summed E-state index contributed by atoms with van der Waals surface area (Å²) < 4.78 is 1.44. The third-order valence-corrected chi connectivity index (χ3v) is 5.49. The van der Waals surface area contributed by atoms with Crippen LogP contribution >= 0.6 is 0 Å². The van der Waals surface area contributed by atoms with Crippen LogP contribution in [0.25, 0.3) is 0 Å². The Morgan fingerprint density at radius 3 is 2.52 bits per heavy atom. The van der Waals surface area contributed by atoms with E-state index in [4.69, 9.17) is 0 Å². The third-order valence-electron chi connectivity index (χ3n) is 5.49. The lowest BCUT2D eigenvalue weighted by Crippen LogP contribution is -2.54. The molecule has 6 heteroatoms. The smallest absolute Gasteiger partial charge is 0.250 e. The number of nitrogens with zero attached hydrogens (tertiary/aromatic N) is 4. The predicted molar refractivity (Wildman–Crippen MR) is 94.8 cm³/mol. The van der Waals surface area contributed by atoms with Gasteiger partial charge in [0.2, 0.25) is 5.91 Å². The number of hydrogen-bond acceptors (Lipinski definition) is 4. The highest BCUT2D eigenvalue weighted by molar-refractivity contribution is 5.76. The Kier molecular flexibility index (Phi) is 5.87. The molecule has 6 nitrogen and oxygen atoms in total. The third kappa shape index (κ3) is 4.29. The van der Waals surface area contributed by atoms with Crippen LogP contribution in [0, 0.1) is 17.2 Å². The van der Waals surface area contributed by atoms with Crippen LogP contribution in [0.5, 0.6) is 0 Å². The van der Waals surface area contributed by atoms with E-state index in [0.717, 1.165) is 25.9 Å². The van der Waals surface area contributed by atoms with Crippen LogP contribution in [0.2, 0.25) is 0 Å². The molecule has 2 heterocycles. The van der Waals surface area contributed by atoms with E-state index in [-0.39, 0.29) is 24.1 Å². The molecule has 2 fully saturated rings. The van der Waals surface area contributed by atoms with Crippen molar-refractivity contribution in [1.82, 2.24) is 14.4 Å². The van der Waals surface area contributed by atoms with Crippen molar-refractivity contribution in [3.63, 3.8) is 0 Å². The first-order valence-electron chi connectivity index (χ1n) is 9.26. The summed E-state index contributed by atoms with van der Waals surface area (Å²) in [5.41, 5.74) is -0.156. The summed E-state index contributed by atoms with van der Waals surface area (Å²) in [4.78, 5) is 28.2. The second-order valence-corrected chi connectivity index (χ2v) is 7.06. The molecule has 0 aromatic carbocycles. The molecule has 1 unspecified atom stereocenters. The molecule has 3 rings (SSSR count). The molecule has 1 aliphatic carbocycles. The summed E-state index contributed by atoms with van der Waals surface area (Å²) in [6.45, 7) is 2.83. The van der Waals surface area contributed by atoms with Crippen LogP contribution in [0.4, 0.5) is 0 Å². The zero-order valence-electron chi connectivity index (χ0n) is 14.6. The van der Waals surface area contributed by atoms with Gasteiger partial charge >= 0.3 is 0 Å². The molecule has 25 heavy (non-hydrogen) atoms. The van der Waals surface area contributed by atoms with Crippen LogP contribution in [0.1, 0.15) is 32.1 Å². The van der Waals surface area contributed by atoms with E-state index in [0.29, 0.717) is 19.0 Å². The Labute approximate surface area is 148 Å². The van der Waals surface area contributed by atoms with Gasteiger partial charge in [-0.3, -0.25) is 14.5 Å². The topological polar surface area (TPSA) is 69.3 Å². The van der Waals surface area contributed by atoms with Crippen molar-refractivity contribution in [2.75, 3.05) is 26.2 Å². The Morgan fingerprint density at radius 1 is 1.16 bits per heavy atom. The highest BCUT2D eigenvalue weighted by Crippen LogP contribution is 2.29. The van der Waals surface area contributed by atoms with Crippen LogP contribution in [-0.2, 0) is 11.3 Å². The van der Waals surface area contributed by atoms with Crippen molar-refractivity contribution < 1.29 is 4.79 Å². The number of carbonyl (C=O) groups is 1. The molecule has 1 aromatic heterocycles. The van der Waals surface area contributed by atoms with Crippen molar-refractivity contribution in [2.24, 2.45) is 5.92 Å². The van der Waals surface area contributed by atoms with E-state index in [9.17, 15) is 14.9 Å². The second kappa shape index (κ2) is 8.30. The monoisotopic (exact) mass is 342 g/mol. The molecular weight excluding hydrogens is 316 g/mol. The summed E-state index contributed by atoms with van der Waals surface area (Å²) in [5.74, 6) is 0.447. The van der Waals surface area contributed by atoms with Crippen molar-refractivity contribution in [2.45, 2.75) is 44.7 Å². The van der Waals surface area contributed by atoms with Gasteiger partial charge in [-0.2, -0.15) is 5.26 Å². The standard InChI is InChI=1S/C19H26N4O2/c20-14-17(16-6-2-1-3-7-16)21-10-12-22(13-11-21)19(25)15-23-9-5-4-8-18(23)24/h4-5,8-9,16-17H,1-3,6-7,10-13,15H2. The lowest BCUT2D eigenvalue weighted by Gasteiger charge is -2.40. The Bertz CT molecular complexity index is 679. The largest absolute Gasteiger partial charge is 0.339 e. The zero-order chi connectivity index (χ0) is 17.6. The van der Waals surface area contributed by atoms with Crippen LogP contribution in [0.15, 0.2) is 29.2 Å². The van der Waals surface area contributed by atoms with Gasteiger partial charge in [0.15, 0.2) is 0 Å². The number of hydrogen-bond donors (Lipinski definition) is 0. The van der Waals surface area contributed by atoms with Gasteiger partial charge in [-0.15, -0.1) is 0 Å². The normalized spacial score (nSPS) is 20.8. The van der Waals surface area contributed by atoms with E-state index in [1.807, 2.05) is 4.90 Å². The molecule has 2 aliphatic rings. The number of aromatic nitrogens is 1. The minimum atomic E-state index is -0.156. The fraction of sp³-hybridized carbons (Fsp3) is 0.632. The van der Waals surface area contributed by atoms with Crippen molar-refractivity contribution >= 4 is 5.91 Å². The van der Waals surface area contributed by atoms with Gasteiger partial charge in [-0.05, 0) is 24.8 Å². The van der Waals surface area contributed by atoms with Gasteiger partial charge in [0.25, 0.3) is 5.56 Å². The van der Waals surface area contributed by atoms with Gasteiger partial charge in [0.05, 0.1) is 6.07 Å². The maximum atomic E-state index is 12.5. The lowest BCUT2D eigenvalue weighted by atomic mass is 9.83. The molecule has 0 N–H and O–H groups in total. The zero-order valence-corrected chi connectivity index (χ0v) is 14.6. The molecule has 1 aromatic rings. The van der Waals surface area contributed by atoms with Gasteiger partial charge in [0, 0.05) is 38.4 Å². The van der Waals surface area contributed by atoms with Gasteiger partial charge < -0.3 is 9.47 Å². The number of amides is 1. The van der Waals surface area contributed by atoms with E-state index >= 15 is 0 Å². The summed E-state index contributed by atoms with van der Waals surface area (Å²) in [7, 11) is 0. The van der Waals surface area contributed by atoms with E-state index in [2.05, 4.69) is 11.0 Å². The Hall–Kier alpha value is -2.13. The highest BCUT2D eigenvalue weighted by Gasteiger charge is 2.31. The SMILES string of the molecule is N#CC(C1CCCCC1)N1CCN(C(=O)Cn2ccccc2=O)CC1. The molecule has 1 saturated heterocycles. The van der Waals surface area contributed by atoms with E-state index in [1.165, 1.54) is 29.9 Å². The van der Waals surface area contributed by atoms with Crippen molar-refractivity contribution in [1.29, 1.82) is 5.26 Å². The number of nitriles is 1. The maximum absolute atomic E-state index is 12.5. The molecule has 1 atom stereocenters.